The van der Waals surface area contributed by atoms with Crippen LogP contribution in [-0.2, 0) is 4.74 Å². The zero-order valence-electron chi connectivity index (χ0n) is 19.9. The van der Waals surface area contributed by atoms with E-state index >= 15 is 0 Å². The average Bonchev–Trinajstić information content (AvgIpc) is 3.31. The highest BCUT2D eigenvalue weighted by molar-refractivity contribution is 6.04. The first kappa shape index (κ1) is 23.3. The average molecular weight is 486 g/mol. The maximum Gasteiger partial charge on any atom is 0.409 e. The molecule has 1 aromatic carbocycles. The van der Waals surface area contributed by atoms with E-state index in [1.807, 2.05) is 28.8 Å². The van der Waals surface area contributed by atoms with Crippen LogP contribution in [0.4, 0.5) is 16.4 Å². The van der Waals surface area contributed by atoms with Gasteiger partial charge in [0.1, 0.15) is 28.7 Å². The first-order valence-corrected chi connectivity index (χ1v) is 11.9. The van der Waals surface area contributed by atoms with Crippen molar-refractivity contribution in [1.82, 2.24) is 24.3 Å². The number of imidazole rings is 1. The summed E-state index contributed by atoms with van der Waals surface area (Å²) in [5.41, 5.74) is 8.98. The van der Waals surface area contributed by atoms with Crippen LogP contribution in [0, 0.1) is 0 Å². The molecule has 2 amide bonds. The third-order valence-corrected chi connectivity index (χ3v) is 6.25. The number of pyridine rings is 1. The highest BCUT2D eigenvalue weighted by Gasteiger charge is 2.30. The number of piperidine rings is 1. The van der Waals surface area contributed by atoms with Crippen LogP contribution in [0.1, 0.15) is 41.9 Å². The summed E-state index contributed by atoms with van der Waals surface area (Å²) in [5, 5.41) is 2.78. The van der Waals surface area contributed by atoms with Crippen molar-refractivity contribution in [2.75, 3.05) is 30.7 Å². The highest BCUT2D eigenvalue weighted by atomic mass is 16.6. The van der Waals surface area contributed by atoms with E-state index in [9.17, 15) is 9.59 Å². The van der Waals surface area contributed by atoms with Gasteiger partial charge < -0.3 is 20.7 Å². The van der Waals surface area contributed by atoms with Crippen LogP contribution in [0.25, 0.3) is 16.8 Å². The molecule has 0 spiro atoms. The quantitative estimate of drug-likeness (QED) is 0.438. The number of carbonyl (C=O) groups excluding carboxylic acids is 2. The number of fused-ring (bicyclic) bond motifs is 1. The van der Waals surface area contributed by atoms with Crippen LogP contribution in [0.15, 0.2) is 61.1 Å². The molecule has 4 aromatic rings. The largest absolute Gasteiger partial charge is 0.450 e. The summed E-state index contributed by atoms with van der Waals surface area (Å²) >= 11 is 0. The number of ether oxygens (including phenoxy) is 1. The Labute approximate surface area is 208 Å². The van der Waals surface area contributed by atoms with Crippen LogP contribution >= 0.6 is 0 Å². The van der Waals surface area contributed by atoms with Gasteiger partial charge in [-0.05, 0) is 44.0 Å². The minimum Gasteiger partial charge on any atom is -0.450 e. The minimum atomic E-state index is -0.302. The van der Waals surface area contributed by atoms with Crippen molar-refractivity contribution in [2.24, 2.45) is 0 Å². The Morgan fingerprint density at radius 1 is 1.14 bits per heavy atom. The van der Waals surface area contributed by atoms with Crippen LogP contribution in [-0.4, -0.2) is 55.9 Å². The normalized spacial score (nSPS) is 15.6. The summed E-state index contributed by atoms with van der Waals surface area (Å²) in [6, 6.07) is 12.5. The molecule has 1 fully saturated rings. The van der Waals surface area contributed by atoms with Gasteiger partial charge >= 0.3 is 6.09 Å². The van der Waals surface area contributed by atoms with Gasteiger partial charge in [0.05, 0.1) is 6.61 Å². The van der Waals surface area contributed by atoms with Gasteiger partial charge in [-0.15, -0.1) is 0 Å². The fraction of sp³-hybridized carbons (Fsp3) is 0.269. The van der Waals surface area contributed by atoms with Crippen molar-refractivity contribution in [3.05, 3.63) is 72.4 Å². The molecule has 184 valence electrons. The first-order valence-electron chi connectivity index (χ1n) is 11.9. The zero-order valence-corrected chi connectivity index (χ0v) is 19.9. The lowest BCUT2D eigenvalue weighted by atomic mass is 9.97. The number of hydrogen-bond acceptors (Lipinski definition) is 7. The molecule has 1 aliphatic heterocycles. The summed E-state index contributed by atoms with van der Waals surface area (Å²) in [5.74, 6) is 1.44. The molecule has 0 aliphatic carbocycles. The molecule has 0 radical (unpaired) electrons. The number of nitrogens with zero attached hydrogens (tertiary/aromatic N) is 5. The Hall–Kier alpha value is -4.47. The molecule has 10 heteroatoms. The number of nitrogen functional groups attached to an aromatic ring is 1. The number of nitrogens with one attached hydrogen (secondary N) is 1. The number of rotatable bonds is 5. The van der Waals surface area contributed by atoms with Gasteiger partial charge in [-0.1, -0.05) is 18.2 Å². The van der Waals surface area contributed by atoms with Gasteiger partial charge in [-0.25, -0.2) is 19.7 Å². The van der Waals surface area contributed by atoms with Crippen LogP contribution in [0.3, 0.4) is 0 Å². The van der Waals surface area contributed by atoms with Gasteiger partial charge in [0.15, 0.2) is 0 Å². The van der Waals surface area contributed by atoms with Crippen molar-refractivity contribution < 1.29 is 14.3 Å². The molecule has 5 rings (SSSR count). The Morgan fingerprint density at radius 2 is 1.97 bits per heavy atom. The summed E-state index contributed by atoms with van der Waals surface area (Å²) in [4.78, 5) is 40.1. The van der Waals surface area contributed by atoms with Gasteiger partial charge in [0.2, 0.25) is 0 Å². The molecule has 4 heterocycles. The molecule has 0 bridgehead atoms. The van der Waals surface area contributed by atoms with Gasteiger partial charge in [-0.2, -0.15) is 0 Å². The Morgan fingerprint density at radius 3 is 2.72 bits per heavy atom. The second kappa shape index (κ2) is 10.0. The van der Waals surface area contributed by atoms with Crippen molar-refractivity contribution in [3.63, 3.8) is 0 Å². The molecule has 3 N–H and O–H groups in total. The molecular weight excluding hydrogens is 458 g/mol. The predicted molar refractivity (Wildman–Crippen MR) is 136 cm³/mol. The van der Waals surface area contributed by atoms with E-state index in [1.54, 1.807) is 48.5 Å². The number of anilines is 2. The molecular formula is C26H27N7O3. The van der Waals surface area contributed by atoms with Crippen LogP contribution < -0.4 is 11.1 Å². The molecule has 1 aliphatic rings. The van der Waals surface area contributed by atoms with Gasteiger partial charge in [0.25, 0.3) is 5.91 Å². The molecule has 1 unspecified atom stereocenters. The number of aromatic nitrogens is 4. The Balaban J connectivity index is 1.45. The fourth-order valence-corrected chi connectivity index (χ4v) is 4.55. The Bertz CT molecular complexity index is 1390. The second-order valence-electron chi connectivity index (χ2n) is 8.58. The third kappa shape index (κ3) is 4.57. The van der Waals surface area contributed by atoms with E-state index in [-0.39, 0.29) is 17.9 Å². The van der Waals surface area contributed by atoms with E-state index in [2.05, 4.69) is 15.3 Å². The number of likely N-dealkylation sites (tertiary alicyclic amines) is 1. The number of hydrogen-bond donors (Lipinski definition) is 2. The highest BCUT2D eigenvalue weighted by Crippen LogP contribution is 2.34. The molecule has 0 saturated carbocycles. The standard InChI is InChI=1S/C26H27N7O3/c1-2-36-26(35)32-14-5-6-19(16-32)24-31-21(22-23(27)29-13-15-33(22)24)17-8-10-18(11-9-17)25(34)30-20-7-3-4-12-28-20/h3-4,7-13,15,19H,2,5-6,14,16H2,1H3,(H2,27,29)(H,28,30,34). The van der Waals surface area contributed by atoms with Crippen LogP contribution in [0.5, 0.6) is 0 Å². The zero-order chi connectivity index (χ0) is 25.1. The minimum absolute atomic E-state index is 0.0228. The van der Waals surface area contributed by atoms with E-state index in [0.29, 0.717) is 48.1 Å². The summed E-state index contributed by atoms with van der Waals surface area (Å²) in [6.45, 7) is 3.33. The van der Waals surface area contributed by atoms with E-state index in [0.717, 1.165) is 24.2 Å². The summed E-state index contributed by atoms with van der Waals surface area (Å²) < 4.78 is 7.16. The molecule has 36 heavy (non-hydrogen) atoms. The van der Waals surface area contributed by atoms with E-state index in [1.165, 1.54) is 0 Å². The monoisotopic (exact) mass is 485 g/mol. The predicted octanol–water partition coefficient (Wildman–Crippen LogP) is 3.96. The molecule has 3 aromatic heterocycles. The lowest BCUT2D eigenvalue weighted by Crippen LogP contribution is -2.39. The maximum absolute atomic E-state index is 12.6. The number of carbonyl (C=O) groups is 2. The molecule has 1 saturated heterocycles. The van der Waals surface area contributed by atoms with Crippen molar-refractivity contribution >= 4 is 29.2 Å². The summed E-state index contributed by atoms with van der Waals surface area (Å²) in [7, 11) is 0. The van der Waals surface area contributed by atoms with Gasteiger partial charge in [0, 0.05) is 48.7 Å². The van der Waals surface area contributed by atoms with Crippen molar-refractivity contribution in [3.8, 4) is 11.3 Å². The molecule has 1 atom stereocenters. The number of nitrogens with two attached hydrogens (primary N) is 1. The topological polar surface area (TPSA) is 128 Å². The van der Waals surface area contributed by atoms with Crippen molar-refractivity contribution in [1.29, 1.82) is 0 Å². The van der Waals surface area contributed by atoms with E-state index < -0.39 is 0 Å². The number of benzene rings is 1. The lowest BCUT2D eigenvalue weighted by Gasteiger charge is -2.31. The smallest absolute Gasteiger partial charge is 0.409 e. The van der Waals surface area contributed by atoms with Crippen molar-refractivity contribution in [2.45, 2.75) is 25.7 Å². The number of amides is 2. The first-order chi connectivity index (χ1) is 17.5. The SMILES string of the molecule is CCOC(=O)N1CCCC(c2nc(-c3ccc(C(=O)Nc4ccccn4)cc3)c3c(N)nccn23)C1. The van der Waals surface area contributed by atoms with Crippen LogP contribution in [0.2, 0.25) is 0 Å². The fourth-order valence-electron chi connectivity index (χ4n) is 4.55. The molecule has 10 nitrogen and oxygen atoms in total. The Kier molecular flexibility index (Phi) is 6.48. The lowest BCUT2D eigenvalue weighted by molar-refractivity contribution is 0.0951. The summed E-state index contributed by atoms with van der Waals surface area (Å²) in [6.07, 6.45) is 6.56. The second-order valence-corrected chi connectivity index (χ2v) is 8.58. The maximum atomic E-state index is 12.6. The van der Waals surface area contributed by atoms with Gasteiger partial charge in [-0.3, -0.25) is 9.20 Å². The van der Waals surface area contributed by atoms with E-state index in [4.69, 9.17) is 15.5 Å². The third-order valence-electron chi connectivity index (χ3n) is 6.25.